The number of ether oxygens (including phenoxy) is 1. The Morgan fingerprint density at radius 2 is 1.82 bits per heavy atom. The number of nitrogens with one attached hydrogen (secondary N) is 1. The number of aromatic nitrogens is 2. The van der Waals surface area contributed by atoms with Gasteiger partial charge in [-0.3, -0.25) is 4.79 Å². The number of halogens is 4. The van der Waals surface area contributed by atoms with Crippen LogP contribution >= 0.6 is 0 Å². The molecule has 10 nitrogen and oxygen atoms in total. The van der Waals surface area contributed by atoms with E-state index in [9.17, 15) is 31.2 Å². The molecule has 1 N–H and O–H groups in total. The molecule has 1 saturated carbocycles. The molecule has 0 unspecified atom stereocenters. The van der Waals surface area contributed by atoms with Crippen molar-refractivity contribution in [2.24, 2.45) is 0 Å². The Hall–Kier alpha value is -4.58. The van der Waals surface area contributed by atoms with Crippen molar-refractivity contribution >= 4 is 27.5 Å². The third kappa shape index (κ3) is 6.32. The Morgan fingerprint density at radius 1 is 1.16 bits per heavy atom. The molecule has 45 heavy (non-hydrogen) atoms. The fraction of sp³-hybridized carbons (Fsp3) is 0.367. The van der Waals surface area contributed by atoms with E-state index in [1.807, 2.05) is 6.07 Å². The molecule has 1 fully saturated rings. The number of nitrogens with zero attached hydrogens (tertiary/aromatic N) is 4. The van der Waals surface area contributed by atoms with Gasteiger partial charge in [0.1, 0.15) is 22.9 Å². The Morgan fingerprint density at radius 3 is 2.40 bits per heavy atom. The summed E-state index contributed by atoms with van der Waals surface area (Å²) in [5.74, 6) is -2.87. The topological polar surface area (TPSA) is 142 Å². The van der Waals surface area contributed by atoms with E-state index in [2.05, 4.69) is 15.5 Å². The second-order valence-corrected chi connectivity index (χ2v) is 13.9. The molecule has 3 aromatic rings. The van der Waals surface area contributed by atoms with Gasteiger partial charge in [0.25, 0.3) is 5.91 Å². The highest BCUT2D eigenvalue weighted by atomic mass is 32.2. The predicted octanol–water partition coefficient (Wildman–Crippen LogP) is 4.96. The van der Waals surface area contributed by atoms with Crippen LogP contribution in [0.4, 0.5) is 28.0 Å². The van der Waals surface area contributed by atoms with Gasteiger partial charge in [0.15, 0.2) is 9.84 Å². The minimum atomic E-state index is -4.61. The zero-order valence-electron chi connectivity index (χ0n) is 24.3. The smallest absolute Gasteiger partial charge is 0.408 e. The number of fused-ring (bicyclic) bond motifs is 1. The normalized spacial score (nSPS) is 18.8. The van der Waals surface area contributed by atoms with Gasteiger partial charge < -0.3 is 15.0 Å². The molecule has 2 aromatic carbocycles. The van der Waals surface area contributed by atoms with E-state index in [1.54, 1.807) is 20.8 Å². The maximum Gasteiger partial charge on any atom is 0.408 e. The van der Waals surface area contributed by atoms with E-state index in [0.717, 1.165) is 23.2 Å². The van der Waals surface area contributed by atoms with Crippen LogP contribution in [-0.4, -0.2) is 54.2 Å². The van der Waals surface area contributed by atoms with Crippen LogP contribution in [0.5, 0.6) is 0 Å². The first-order chi connectivity index (χ1) is 20.9. The lowest BCUT2D eigenvalue weighted by atomic mass is 9.97. The van der Waals surface area contributed by atoms with Crippen molar-refractivity contribution in [3.05, 3.63) is 71.3 Å². The van der Waals surface area contributed by atoms with Gasteiger partial charge in [-0.05, 0) is 69.5 Å². The molecule has 5 rings (SSSR count). The van der Waals surface area contributed by atoms with E-state index in [1.165, 1.54) is 24.3 Å². The summed E-state index contributed by atoms with van der Waals surface area (Å²) in [4.78, 5) is 27.0. The van der Waals surface area contributed by atoms with Gasteiger partial charge in [-0.15, -0.1) is 0 Å². The monoisotopic (exact) mass is 645 g/mol. The molecule has 0 radical (unpaired) electrons. The second-order valence-electron chi connectivity index (χ2n) is 11.9. The van der Waals surface area contributed by atoms with Crippen molar-refractivity contribution in [3.63, 3.8) is 0 Å². The third-order valence-electron chi connectivity index (χ3n) is 7.49. The quantitative estimate of drug-likeness (QED) is 0.384. The number of benzene rings is 2. The minimum Gasteiger partial charge on any atom is -0.444 e. The molecule has 2 amide bonds. The van der Waals surface area contributed by atoms with Crippen LogP contribution in [0.15, 0.2) is 53.6 Å². The van der Waals surface area contributed by atoms with Gasteiger partial charge in [0, 0.05) is 11.1 Å². The summed E-state index contributed by atoms with van der Waals surface area (Å²) in [7, 11) is -4.44. The number of alkyl halides is 3. The highest BCUT2D eigenvalue weighted by Crippen LogP contribution is 2.58. The molecule has 1 aliphatic heterocycles. The molecular weight excluding hydrogens is 618 g/mol. The third-order valence-corrected chi connectivity index (χ3v) is 9.26. The van der Waals surface area contributed by atoms with E-state index in [4.69, 9.17) is 10.00 Å². The lowest BCUT2D eigenvalue weighted by Gasteiger charge is -2.27. The fourth-order valence-corrected chi connectivity index (χ4v) is 6.67. The van der Waals surface area contributed by atoms with Crippen molar-refractivity contribution in [2.45, 2.75) is 68.3 Å². The molecular formula is C30H27F4N5O5S. The van der Waals surface area contributed by atoms with Gasteiger partial charge in [0.05, 0.1) is 46.4 Å². The standard InChI is InChI=1S/C30H27F4N5O5S/c1-28(2,3)44-27(41)37-22-16-45(42,43)24-12-21(31)20(19-10-25(38-36-14-19)29(8-9-29)30(32,33)34)11-23(24)39(26(22)40)15-18-6-4-17(13-35)5-7-18/h4-7,10-12,14,22H,8-9,15-16H2,1-3H3,(H,37,41)/t22-/m0/s1. The maximum absolute atomic E-state index is 15.7. The number of sulfone groups is 1. The minimum absolute atomic E-state index is 0.105. The van der Waals surface area contributed by atoms with Crippen LogP contribution in [0.2, 0.25) is 0 Å². The van der Waals surface area contributed by atoms with Crippen molar-refractivity contribution in [3.8, 4) is 17.2 Å². The van der Waals surface area contributed by atoms with Crippen LogP contribution in [0.3, 0.4) is 0 Å². The number of rotatable bonds is 5. The molecule has 0 spiro atoms. The molecule has 1 atom stereocenters. The number of alkyl carbamates (subject to hydrolysis) is 1. The van der Waals surface area contributed by atoms with E-state index < -0.39 is 67.2 Å². The van der Waals surface area contributed by atoms with Crippen LogP contribution in [0, 0.1) is 17.1 Å². The summed E-state index contributed by atoms with van der Waals surface area (Å²) in [6, 6.07) is 9.20. The Labute approximate surface area is 255 Å². The Bertz CT molecular complexity index is 1830. The summed E-state index contributed by atoms with van der Waals surface area (Å²) in [5, 5.41) is 18.8. The zero-order valence-corrected chi connectivity index (χ0v) is 25.1. The van der Waals surface area contributed by atoms with E-state index in [0.29, 0.717) is 17.2 Å². The molecule has 236 valence electrons. The first-order valence-electron chi connectivity index (χ1n) is 13.7. The van der Waals surface area contributed by atoms with Gasteiger partial charge in [0.2, 0.25) is 0 Å². The lowest BCUT2D eigenvalue weighted by Crippen LogP contribution is -2.51. The summed E-state index contributed by atoms with van der Waals surface area (Å²) < 4.78 is 89.5. The summed E-state index contributed by atoms with van der Waals surface area (Å²) >= 11 is 0. The average Bonchev–Trinajstić information content (AvgIpc) is 3.77. The van der Waals surface area contributed by atoms with Crippen LogP contribution in [0.25, 0.3) is 11.1 Å². The second kappa shape index (κ2) is 11.1. The number of hydrogen-bond donors (Lipinski definition) is 1. The maximum atomic E-state index is 15.7. The number of hydrogen-bond acceptors (Lipinski definition) is 8. The molecule has 1 aromatic heterocycles. The van der Waals surface area contributed by atoms with Gasteiger partial charge >= 0.3 is 12.3 Å². The number of nitriles is 1. The zero-order chi connectivity index (χ0) is 32.9. The fourth-order valence-electron chi connectivity index (χ4n) is 5.05. The highest BCUT2D eigenvalue weighted by Gasteiger charge is 2.65. The largest absolute Gasteiger partial charge is 0.444 e. The molecule has 2 heterocycles. The summed E-state index contributed by atoms with van der Waals surface area (Å²) in [6.45, 7) is 4.47. The number of carbonyl (C=O) groups excluding carboxylic acids is 2. The number of amides is 2. The average molecular weight is 646 g/mol. The van der Waals surface area contributed by atoms with Crippen molar-refractivity contribution in [1.82, 2.24) is 15.5 Å². The molecule has 0 saturated heterocycles. The van der Waals surface area contributed by atoms with Gasteiger partial charge in [-0.25, -0.2) is 17.6 Å². The Kier molecular flexibility index (Phi) is 7.85. The number of carbonyl (C=O) groups is 2. The lowest BCUT2D eigenvalue weighted by molar-refractivity contribution is -0.161. The van der Waals surface area contributed by atoms with Crippen LogP contribution in [-0.2, 0) is 31.3 Å². The van der Waals surface area contributed by atoms with Crippen molar-refractivity contribution in [1.29, 1.82) is 5.26 Å². The van der Waals surface area contributed by atoms with E-state index in [-0.39, 0.29) is 36.2 Å². The highest BCUT2D eigenvalue weighted by molar-refractivity contribution is 7.91. The van der Waals surface area contributed by atoms with Crippen molar-refractivity contribution in [2.75, 3.05) is 10.7 Å². The Balaban J connectivity index is 1.63. The summed E-state index contributed by atoms with van der Waals surface area (Å²) in [5.41, 5.74) is -3.47. The van der Waals surface area contributed by atoms with Crippen LogP contribution < -0.4 is 10.2 Å². The molecule has 2 aliphatic rings. The SMILES string of the molecule is CC(C)(C)OC(=O)N[C@H]1CS(=O)(=O)c2cc(F)c(-c3cnnc(C4(C(F)(F)F)CC4)c3)cc2N(Cc2ccc(C#N)cc2)C1=O. The first-order valence-corrected chi connectivity index (χ1v) is 15.4. The molecule has 15 heteroatoms. The van der Waals surface area contributed by atoms with Crippen LogP contribution in [0.1, 0.15) is 50.4 Å². The van der Waals surface area contributed by atoms with Gasteiger partial charge in [-0.2, -0.15) is 28.6 Å². The molecule has 0 bridgehead atoms. The first kappa shape index (κ1) is 31.8. The van der Waals surface area contributed by atoms with Gasteiger partial charge in [-0.1, -0.05) is 12.1 Å². The summed E-state index contributed by atoms with van der Waals surface area (Å²) in [6.07, 6.45) is -5.04. The van der Waals surface area contributed by atoms with E-state index >= 15 is 4.39 Å². The predicted molar refractivity (Wildman–Crippen MR) is 152 cm³/mol. The molecule has 1 aliphatic carbocycles. The van der Waals surface area contributed by atoms with Crippen molar-refractivity contribution < 1.29 is 40.3 Å². The number of anilines is 1.